The molecular weight excluding hydrogens is 248 g/mol. The number of carbonyl (C=O) groups is 1. The van der Waals surface area contributed by atoms with Crippen molar-refractivity contribution < 1.29 is 9.90 Å². The average Bonchev–Trinajstić information content (AvgIpc) is 2.89. The van der Waals surface area contributed by atoms with Gasteiger partial charge in [0.25, 0.3) is 0 Å². The first-order valence-electron chi connectivity index (χ1n) is 5.55. The summed E-state index contributed by atoms with van der Waals surface area (Å²) in [6, 6.07) is 9.10. The Labute approximate surface area is 109 Å². The smallest absolute Gasteiger partial charge is 0.315 e. The number of nitrogens with two attached hydrogens (primary N) is 1. The molecule has 94 valence electrons. The Balaban J connectivity index is 2.43. The monoisotopic (exact) mass is 262 g/mol. The number of hydrogen-bond donors (Lipinski definition) is 2. The van der Waals surface area contributed by atoms with Gasteiger partial charge in [0.2, 0.25) is 0 Å². The van der Waals surface area contributed by atoms with Crippen LogP contribution in [-0.2, 0) is 16.6 Å². The number of aliphatic carboxylic acids is 1. The number of carboxylic acids is 1. The van der Waals surface area contributed by atoms with Gasteiger partial charge in [-0.3, -0.25) is 4.79 Å². The Bertz CT molecular complexity index is 513. The summed E-state index contributed by atoms with van der Waals surface area (Å²) in [5.74, 6) is -0.913. The molecule has 1 heterocycles. The Morgan fingerprint density at radius 2 is 2.11 bits per heavy atom. The molecule has 3 N–H and O–H groups in total. The van der Waals surface area contributed by atoms with Crippen molar-refractivity contribution in [3.05, 3.63) is 52.5 Å². The highest BCUT2D eigenvalue weighted by Gasteiger charge is 2.39. The lowest BCUT2D eigenvalue weighted by Gasteiger charge is -2.27. The normalized spacial score (nSPS) is 14.1. The highest BCUT2D eigenvalue weighted by atomic mass is 32.1. The summed E-state index contributed by atoms with van der Waals surface area (Å²) in [6.45, 7) is 0.0455. The van der Waals surface area contributed by atoms with E-state index in [9.17, 15) is 9.90 Å². The van der Waals surface area contributed by atoms with Crippen LogP contribution in [0.3, 0.4) is 0 Å². The molecule has 4 nitrogen and oxygen atoms in total. The Morgan fingerprint density at radius 3 is 2.61 bits per heavy atom. The Morgan fingerprint density at radius 1 is 1.39 bits per heavy atom. The van der Waals surface area contributed by atoms with E-state index in [0.29, 0.717) is 12.0 Å². The Hall–Kier alpha value is -1.72. The number of carboxylic acid groups (broad SMARTS) is 1. The van der Waals surface area contributed by atoms with Crippen molar-refractivity contribution in [2.45, 2.75) is 11.8 Å². The lowest BCUT2D eigenvalue weighted by Crippen LogP contribution is -2.45. The van der Waals surface area contributed by atoms with E-state index in [4.69, 9.17) is 5.73 Å². The molecule has 0 saturated heterocycles. The molecule has 0 aliphatic heterocycles. The largest absolute Gasteiger partial charge is 0.481 e. The van der Waals surface area contributed by atoms with Crippen molar-refractivity contribution in [3.8, 4) is 0 Å². The topological polar surface area (TPSA) is 76.2 Å². The van der Waals surface area contributed by atoms with Crippen LogP contribution in [0.4, 0.5) is 0 Å². The summed E-state index contributed by atoms with van der Waals surface area (Å²) in [7, 11) is 0. The number of hydrogen-bond acceptors (Lipinski definition) is 4. The number of rotatable bonds is 5. The molecule has 0 aliphatic rings. The van der Waals surface area contributed by atoms with Gasteiger partial charge in [0.05, 0.1) is 11.2 Å². The lowest BCUT2D eigenvalue weighted by atomic mass is 9.77. The molecule has 0 aliphatic carbocycles. The van der Waals surface area contributed by atoms with E-state index in [0.717, 1.165) is 5.69 Å². The third-order valence-electron chi connectivity index (χ3n) is 3.05. The number of aromatic nitrogens is 1. The molecule has 18 heavy (non-hydrogen) atoms. The van der Waals surface area contributed by atoms with Gasteiger partial charge in [-0.1, -0.05) is 30.3 Å². The highest BCUT2D eigenvalue weighted by Crippen LogP contribution is 2.28. The van der Waals surface area contributed by atoms with Gasteiger partial charge >= 0.3 is 5.97 Å². The molecule has 1 atom stereocenters. The minimum Gasteiger partial charge on any atom is -0.481 e. The molecule has 1 aromatic heterocycles. The van der Waals surface area contributed by atoms with E-state index in [1.54, 1.807) is 17.6 Å². The number of benzene rings is 1. The first kappa shape index (κ1) is 12.7. The van der Waals surface area contributed by atoms with E-state index in [2.05, 4.69) is 4.98 Å². The maximum absolute atomic E-state index is 11.7. The fourth-order valence-corrected chi connectivity index (χ4v) is 2.53. The molecule has 0 bridgehead atoms. The van der Waals surface area contributed by atoms with E-state index in [-0.39, 0.29) is 6.54 Å². The van der Waals surface area contributed by atoms with Gasteiger partial charge in [-0.15, -0.1) is 11.3 Å². The van der Waals surface area contributed by atoms with Crippen LogP contribution in [0.25, 0.3) is 0 Å². The maximum Gasteiger partial charge on any atom is 0.315 e. The van der Waals surface area contributed by atoms with Gasteiger partial charge in [-0.2, -0.15) is 0 Å². The molecule has 1 unspecified atom stereocenters. The van der Waals surface area contributed by atoms with Gasteiger partial charge in [0.1, 0.15) is 5.41 Å². The first-order chi connectivity index (χ1) is 8.69. The molecule has 5 heteroatoms. The molecule has 2 aromatic rings. The van der Waals surface area contributed by atoms with E-state index < -0.39 is 11.4 Å². The van der Waals surface area contributed by atoms with Gasteiger partial charge in [-0.05, 0) is 5.56 Å². The molecule has 0 spiro atoms. The number of thiazole rings is 1. The van der Waals surface area contributed by atoms with Crippen LogP contribution in [0.15, 0.2) is 41.2 Å². The van der Waals surface area contributed by atoms with Crippen molar-refractivity contribution in [2.75, 3.05) is 6.54 Å². The van der Waals surface area contributed by atoms with Crippen LogP contribution < -0.4 is 5.73 Å². The quantitative estimate of drug-likeness (QED) is 0.859. The van der Waals surface area contributed by atoms with Crippen molar-refractivity contribution in [1.82, 2.24) is 4.98 Å². The highest BCUT2D eigenvalue weighted by molar-refractivity contribution is 7.07. The molecule has 0 saturated carbocycles. The summed E-state index contributed by atoms with van der Waals surface area (Å²) in [6.07, 6.45) is 0.312. The van der Waals surface area contributed by atoms with Crippen molar-refractivity contribution in [1.29, 1.82) is 0 Å². The van der Waals surface area contributed by atoms with Crippen LogP contribution in [0, 0.1) is 0 Å². The fourth-order valence-electron chi connectivity index (χ4n) is 1.97. The standard InChI is InChI=1S/C13H14N2O2S/c14-8-13(12(16)17,6-11-7-18-9-15-11)10-4-2-1-3-5-10/h1-5,7,9H,6,8,14H2,(H,16,17). The van der Waals surface area contributed by atoms with Crippen molar-refractivity contribution in [2.24, 2.45) is 5.73 Å². The second kappa shape index (κ2) is 5.29. The van der Waals surface area contributed by atoms with Crippen LogP contribution in [0.5, 0.6) is 0 Å². The molecular formula is C13H14N2O2S. The predicted octanol–water partition coefficient (Wildman–Crippen LogP) is 1.67. The predicted molar refractivity (Wildman–Crippen MR) is 70.6 cm³/mol. The summed E-state index contributed by atoms with van der Waals surface area (Å²) in [4.78, 5) is 15.8. The van der Waals surface area contributed by atoms with Gasteiger partial charge < -0.3 is 10.8 Å². The molecule has 0 amide bonds. The van der Waals surface area contributed by atoms with Crippen molar-refractivity contribution in [3.63, 3.8) is 0 Å². The summed E-state index contributed by atoms with van der Waals surface area (Å²) >= 11 is 1.45. The van der Waals surface area contributed by atoms with E-state index in [1.807, 2.05) is 23.6 Å². The minimum absolute atomic E-state index is 0.0455. The second-order valence-electron chi connectivity index (χ2n) is 4.11. The summed E-state index contributed by atoms with van der Waals surface area (Å²) in [5, 5.41) is 11.4. The molecule has 0 radical (unpaired) electrons. The van der Waals surface area contributed by atoms with Crippen LogP contribution in [-0.4, -0.2) is 22.6 Å². The first-order valence-corrected chi connectivity index (χ1v) is 6.49. The number of nitrogens with zero attached hydrogens (tertiary/aromatic N) is 1. The van der Waals surface area contributed by atoms with E-state index >= 15 is 0 Å². The van der Waals surface area contributed by atoms with Gasteiger partial charge in [-0.25, -0.2) is 4.98 Å². The zero-order chi connectivity index (χ0) is 13.0. The minimum atomic E-state index is -1.10. The van der Waals surface area contributed by atoms with E-state index in [1.165, 1.54) is 11.3 Å². The summed E-state index contributed by atoms with van der Waals surface area (Å²) in [5.41, 5.74) is 7.82. The third kappa shape index (κ3) is 2.27. The Kier molecular flexibility index (Phi) is 3.74. The SMILES string of the molecule is NCC(Cc1cscn1)(C(=O)O)c1ccccc1. The molecule has 2 rings (SSSR count). The second-order valence-corrected chi connectivity index (χ2v) is 4.83. The zero-order valence-corrected chi connectivity index (χ0v) is 10.6. The maximum atomic E-state index is 11.7. The van der Waals surface area contributed by atoms with Crippen LogP contribution in [0.2, 0.25) is 0 Å². The van der Waals surface area contributed by atoms with Gasteiger partial charge in [0.15, 0.2) is 0 Å². The lowest BCUT2D eigenvalue weighted by molar-refractivity contribution is -0.143. The van der Waals surface area contributed by atoms with Crippen molar-refractivity contribution >= 4 is 17.3 Å². The van der Waals surface area contributed by atoms with Crippen LogP contribution in [0.1, 0.15) is 11.3 Å². The average molecular weight is 262 g/mol. The summed E-state index contributed by atoms with van der Waals surface area (Å²) < 4.78 is 0. The van der Waals surface area contributed by atoms with Gasteiger partial charge in [0, 0.05) is 18.3 Å². The van der Waals surface area contributed by atoms with Crippen LogP contribution >= 0.6 is 11.3 Å². The molecule has 0 fully saturated rings. The fraction of sp³-hybridized carbons (Fsp3) is 0.231. The molecule has 1 aromatic carbocycles. The third-order valence-corrected chi connectivity index (χ3v) is 3.69. The zero-order valence-electron chi connectivity index (χ0n) is 9.74.